The van der Waals surface area contributed by atoms with Crippen LogP contribution in [0.2, 0.25) is 0 Å². The minimum atomic E-state index is 0.379. The largest absolute Gasteiger partial charge is 0.379 e. The summed E-state index contributed by atoms with van der Waals surface area (Å²) in [7, 11) is 0. The first kappa shape index (κ1) is 7.43. The van der Waals surface area contributed by atoms with Gasteiger partial charge in [0.05, 0.1) is 6.04 Å². The molecule has 4 N–H and O–H groups in total. The molecular formula is C7H13N3S. The van der Waals surface area contributed by atoms with Crippen LogP contribution < -0.4 is 11.5 Å². The first-order valence-electron chi connectivity index (χ1n) is 4.01. The van der Waals surface area contributed by atoms with Crippen LogP contribution in [0.4, 0.5) is 0 Å². The van der Waals surface area contributed by atoms with E-state index in [1.54, 1.807) is 11.8 Å². The second kappa shape index (κ2) is 2.68. The van der Waals surface area contributed by atoms with Gasteiger partial charge in [0, 0.05) is 11.3 Å². The molecule has 1 heterocycles. The van der Waals surface area contributed by atoms with Crippen molar-refractivity contribution in [2.45, 2.75) is 36.6 Å². The summed E-state index contributed by atoms with van der Waals surface area (Å²) in [6, 6.07) is 0.852. The van der Waals surface area contributed by atoms with Crippen LogP contribution in [0.3, 0.4) is 0 Å². The molecule has 2 aliphatic rings. The number of rotatable bonds is 0. The van der Waals surface area contributed by atoms with Crippen LogP contribution in [0, 0.1) is 0 Å². The van der Waals surface area contributed by atoms with E-state index in [1.807, 2.05) is 0 Å². The average molecular weight is 171 g/mol. The number of amidine groups is 1. The van der Waals surface area contributed by atoms with E-state index in [0.717, 1.165) is 24.4 Å². The van der Waals surface area contributed by atoms with E-state index in [0.29, 0.717) is 17.3 Å². The third-order valence-electron chi connectivity index (χ3n) is 2.36. The van der Waals surface area contributed by atoms with Gasteiger partial charge in [-0.2, -0.15) is 0 Å². The first-order chi connectivity index (χ1) is 5.25. The number of thioether (sulfide) groups is 1. The van der Waals surface area contributed by atoms with Crippen LogP contribution in [0.15, 0.2) is 4.99 Å². The van der Waals surface area contributed by atoms with Gasteiger partial charge < -0.3 is 11.5 Å². The highest BCUT2D eigenvalue weighted by atomic mass is 32.2. The molecule has 1 fully saturated rings. The number of fused-ring (bicyclic) bond motifs is 1. The molecule has 0 spiro atoms. The van der Waals surface area contributed by atoms with Gasteiger partial charge in [0.15, 0.2) is 5.17 Å². The molecule has 1 saturated carbocycles. The second-order valence-corrected chi connectivity index (χ2v) is 4.52. The molecule has 3 nitrogen and oxygen atoms in total. The van der Waals surface area contributed by atoms with E-state index in [9.17, 15) is 0 Å². The number of hydrogen-bond donors (Lipinski definition) is 2. The molecule has 0 unspecified atom stereocenters. The Hall–Kier alpha value is -0.220. The van der Waals surface area contributed by atoms with Gasteiger partial charge in [0.25, 0.3) is 0 Å². The van der Waals surface area contributed by atoms with Crippen molar-refractivity contribution in [1.29, 1.82) is 0 Å². The number of hydrogen-bond acceptors (Lipinski definition) is 4. The molecule has 1 aliphatic carbocycles. The molecule has 0 saturated heterocycles. The summed E-state index contributed by atoms with van der Waals surface area (Å²) < 4.78 is 0. The van der Waals surface area contributed by atoms with Crippen molar-refractivity contribution in [2.24, 2.45) is 16.5 Å². The minimum absolute atomic E-state index is 0.379. The zero-order chi connectivity index (χ0) is 7.84. The van der Waals surface area contributed by atoms with Gasteiger partial charge in [-0.1, -0.05) is 11.8 Å². The molecule has 2 rings (SSSR count). The zero-order valence-electron chi connectivity index (χ0n) is 6.36. The van der Waals surface area contributed by atoms with Crippen LogP contribution >= 0.6 is 11.8 Å². The summed E-state index contributed by atoms with van der Waals surface area (Å²) in [6.07, 6.45) is 3.32. The molecule has 4 heteroatoms. The van der Waals surface area contributed by atoms with E-state index in [-0.39, 0.29) is 0 Å². The van der Waals surface area contributed by atoms with Crippen molar-refractivity contribution in [1.82, 2.24) is 0 Å². The van der Waals surface area contributed by atoms with Crippen molar-refractivity contribution in [2.75, 3.05) is 0 Å². The fourth-order valence-corrected chi connectivity index (χ4v) is 2.97. The molecule has 0 aromatic heterocycles. The van der Waals surface area contributed by atoms with Gasteiger partial charge in [-0.3, -0.25) is 4.99 Å². The molecule has 0 bridgehead atoms. The van der Waals surface area contributed by atoms with Gasteiger partial charge in [0.2, 0.25) is 0 Å². The molecule has 1 aliphatic heterocycles. The second-order valence-electron chi connectivity index (χ2n) is 3.26. The summed E-state index contributed by atoms with van der Waals surface area (Å²) in [5.74, 6) is 0. The van der Waals surface area contributed by atoms with Crippen molar-refractivity contribution < 1.29 is 0 Å². The third-order valence-corrected chi connectivity index (χ3v) is 3.52. The lowest BCUT2D eigenvalue weighted by Gasteiger charge is -2.26. The Morgan fingerprint density at radius 3 is 3.09 bits per heavy atom. The monoisotopic (exact) mass is 171 g/mol. The topological polar surface area (TPSA) is 64.4 Å². The smallest absolute Gasteiger partial charge is 0.154 e. The van der Waals surface area contributed by atoms with Crippen LogP contribution in [-0.2, 0) is 0 Å². The van der Waals surface area contributed by atoms with Crippen molar-refractivity contribution >= 4 is 16.9 Å². The SMILES string of the molecule is NC1=N[C@H]2CC[C@H](N)C[C@@H]2S1. The summed E-state index contributed by atoms with van der Waals surface area (Å²) in [5, 5.41) is 1.34. The van der Waals surface area contributed by atoms with Gasteiger partial charge in [-0.05, 0) is 19.3 Å². The predicted molar refractivity (Wildman–Crippen MR) is 48.6 cm³/mol. The number of nitrogens with zero attached hydrogens (tertiary/aromatic N) is 1. The first-order valence-corrected chi connectivity index (χ1v) is 4.89. The molecule has 0 radical (unpaired) electrons. The maximum atomic E-state index is 5.83. The van der Waals surface area contributed by atoms with Gasteiger partial charge >= 0.3 is 0 Å². The van der Waals surface area contributed by atoms with Gasteiger partial charge in [-0.25, -0.2) is 0 Å². The molecule has 0 aromatic rings. The van der Waals surface area contributed by atoms with Gasteiger partial charge in [-0.15, -0.1) is 0 Å². The van der Waals surface area contributed by atoms with E-state index in [4.69, 9.17) is 11.5 Å². The Bertz CT molecular complexity index is 192. The highest BCUT2D eigenvalue weighted by Crippen LogP contribution is 2.35. The molecule has 11 heavy (non-hydrogen) atoms. The maximum Gasteiger partial charge on any atom is 0.154 e. The van der Waals surface area contributed by atoms with Crippen LogP contribution in [0.1, 0.15) is 19.3 Å². The Balaban J connectivity index is 2.03. The quantitative estimate of drug-likeness (QED) is 0.551. The van der Waals surface area contributed by atoms with Crippen LogP contribution in [0.25, 0.3) is 0 Å². The average Bonchev–Trinajstić information content (AvgIpc) is 2.27. The zero-order valence-corrected chi connectivity index (χ0v) is 7.18. The highest BCUT2D eigenvalue weighted by Gasteiger charge is 2.33. The van der Waals surface area contributed by atoms with Crippen LogP contribution in [-0.4, -0.2) is 22.5 Å². The van der Waals surface area contributed by atoms with Gasteiger partial charge in [0.1, 0.15) is 0 Å². The predicted octanol–water partition coefficient (Wildman–Crippen LogP) is 0.296. The molecular weight excluding hydrogens is 158 g/mol. The van der Waals surface area contributed by atoms with Crippen molar-refractivity contribution in [3.05, 3.63) is 0 Å². The fraction of sp³-hybridized carbons (Fsp3) is 0.857. The minimum Gasteiger partial charge on any atom is -0.379 e. The van der Waals surface area contributed by atoms with E-state index >= 15 is 0 Å². The number of aliphatic imine (C=N–C) groups is 1. The third kappa shape index (κ3) is 1.37. The standard InChI is InChI=1S/C7H13N3S/c8-4-1-2-5-6(3-4)11-7(9)10-5/h4-6H,1-3,8H2,(H2,9,10)/t4-,5-,6-/m0/s1. The van der Waals surface area contributed by atoms with E-state index in [1.165, 1.54) is 0 Å². The van der Waals surface area contributed by atoms with Crippen molar-refractivity contribution in [3.63, 3.8) is 0 Å². The normalized spacial score (nSPS) is 43.4. The molecule has 3 atom stereocenters. The Labute approximate surface area is 70.6 Å². The Morgan fingerprint density at radius 1 is 1.45 bits per heavy atom. The Kier molecular flexibility index (Phi) is 1.81. The summed E-state index contributed by atoms with van der Waals surface area (Å²) in [6.45, 7) is 0. The fourth-order valence-electron chi connectivity index (χ4n) is 1.77. The molecule has 0 aromatic carbocycles. The highest BCUT2D eigenvalue weighted by molar-refractivity contribution is 8.14. The van der Waals surface area contributed by atoms with E-state index < -0.39 is 0 Å². The van der Waals surface area contributed by atoms with E-state index in [2.05, 4.69) is 4.99 Å². The van der Waals surface area contributed by atoms with Crippen LogP contribution in [0.5, 0.6) is 0 Å². The Morgan fingerprint density at radius 2 is 2.27 bits per heavy atom. The summed E-state index contributed by atoms with van der Waals surface area (Å²) >= 11 is 1.70. The molecule has 0 amide bonds. The summed E-state index contributed by atoms with van der Waals surface area (Å²) in [5.41, 5.74) is 11.4. The summed E-state index contributed by atoms with van der Waals surface area (Å²) in [4.78, 5) is 4.35. The lowest BCUT2D eigenvalue weighted by Crippen LogP contribution is -2.35. The van der Waals surface area contributed by atoms with Crippen molar-refractivity contribution in [3.8, 4) is 0 Å². The number of nitrogens with two attached hydrogens (primary N) is 2. The lowest BCUT2D eigenvalue weighted by molar-refractivity contribution is 0.412. The maximum absolute atomic E-state index is 5.83. The lowest BCUT2D eigenvalue weighted by atomic mass is 9.92. The molecule has 62 valence electrons.